The summed E-state index contributed by atoms with van der Waals surface area (Å²) in [6.45, 7) is -0.665. The van der Waals surface area contributed by atoms with Crippen molar-refractivity contribution in [3.05, 3.63) is 89.5 Å². The summed E-state index contributed by atoms with van der Waals surface area (Å²) in [4.78, 5) is 15.0. The van der Waals surface area contributed by atoms with Crippen LogP contribution < -0.4 is 14.4 Å². The lowest BCUT2D eigenvalue weighted by Crippen LogP contribution is -2.30. The van der Waals surface area contributed by atoms with Crippen LogP contribution in [0, 0.1) is 6.92 Å². The molecule has 0 bridgehead atoms. The number of rotatable bonds is 7. The maximum atomic E-state index is 13.3. The molecule has 0 aliphatic heterocycles. The molecule has 29 heavy (non-hydrogen) atoms. The minimum Gasteiger partial charge on any atom is -0.493 e. The maximum Gasteiger partial charge on any atom is 0.387 e. The first kappa shape index (κ1) is 20.3. The number of nitrogens with zero attached hydrogens (tertiary/aromatic N) is 1. The summed E-state index contributed by atoms with van der Waals surface area (Å²) < 4.78 is 34.7. The summed E-state index contributed by atoms with van der Waals surface area (Å²) in [6.07, 6.45) is 0. The fourth-order valence-corrected chi connectivity index (χ4v) is 2.99. The summed E-state index contributed by atoms with van der Waals surface area (Å²) in [5.41, 5.74) is 3.03. The van der Waals surface area contributed by atoms with Crippen LogP contribution in [0.15, 0.2) is 72.8 Å². The van der Waals surface area contributed by atoms with E-state index in [1.54, 1.807) is 4.90 Å². The maximum absolute atomic E-state index is 13.3. The van der Waals surface area contributed by atoms with Gasteiger partial charge in [-0.25, -0.2) is 0 Å². The number of carbonyl (C=O) groups excluding carboxylic acids is 1. The molecule has 0 spiro atoms. The van der Waals surface area contributed by atoms with E-state index < -0.39 is 6.61 Å². The summed E-state index contributed by atoms with van der Waals surface area (Å²) in [5, 5.41) is 0. The van der Waals surface area contributed by atoms with Gasteiger partial charge in [-0.2, -0.15) is 8.78 Å². The molecule has 0 aliphatic rings. The van der Waals surface area contributed by atoms with Crippen LogP contribution in [0.5, 0.6) is 11.5 Å². The third-order valence-corrected chi connectivity index (χ3v) is 4.37. The molecule has 0 unspecified atom stereocenters. The summed E-state index contributed by atoms with van der Waals surface area (Å²) in [6, 6.07) is 21.4. The number of ether oxygens (including phenoxy) is 2. The Balaban J connectivity index is 1.98. The zero-order valence-corrected chi connectivity index (χ0v) is 16.1. The summed E-state index contributed by atoms with van der Waals surface area (Å²) >= 11 is 0. The van der Waals surface area contributed by atoms with Crippen LogP contribution >= 0.6 is 0 Å². The van der Waals surface area contributed by atoms with E-state index >= 15 is 0 Å². The lowest BCUT2D eigenvalue weighted by molar-refractivity contribution is -0.0512. The second kappa shape index (κ2) is 9.19. The fourth-order valence-electron chi connectivity index (χ4n) is 2.99. The van der Waals surface area contributed by atoms with Crippen molar-refractivity contribution >= 4 is 11.6 Å². The Morgan fingerprint density at radius 1 is 0.966 bits per heavy atom. The Kier molecular flexibility index (Phi) is 6.44. The van der Waals surface area contributed by atoms with Crippen molar-refractivity contribution in [3.63, 3.8) is 0 Å². The van der Waals surface area contributed by atoms with Gasteiger partial charge in [-0.15, -0.1) is 0 Å². The van der Waals surface area contributed by atoms with Gasteiger partial charge in [-0.3, -0.25) is 4.79 Å². The number of halogens is 2. The molecule has 3 aromatic carbocycles. The van der Waals surface area contributed by atoms with Gasteiger partial charge >= 0.3 is 6.61 Å². The molecule has 0 heterocycles. The van der Waals surface area contributed by atoms with E-state index in [4.69, 9.17) is 4.74 Å². The van der Waals surface area contributed by atoms with E-state index in [0.717, 1.165) is 16.8 Å². The van der Waals surface area contributed by atoms with Crippen LogP contribution in [0.25, 0.3) is 0 Å². The van der Waals surface area contributed by atoms with Gasteiger partial charge in [-0.05, 0) is 48.4 Å². The number of aryl methyl sites for hydroxylation is 1. The van der Waals surface area contributed by atoms with Crippen molar-refractivity contribution in [2.24, 2.45) is 0 Å². The number of benzene rings is 3. The smallest absolute Gasteiger partial charge is 0.387 e. The van der Waals surface area contributed by atoms with E-state index in [-0.39, 0.29) is 17.4 Å². The second-order valence-electron chi connectivity index (χ2n) is 6.46. The van der Waals surface area contributed by atoms with Gasteiger partial charge in [0.05, 0.1) is 13.7 Å². The van der Waals surface area contributed by atoms with Gasteiger partial charge in [0.25, 0.3) is 5.91 Å². The molecule has 3 rings (SSSR count). The Morgan fingerprint density at radius 3 is 2.38 bits per heavy atom. The van der Waals surface area contributed by atoms with Gasteiger partial charge < -0.3 is 14.4 Å². The highest BCUT2D eigenvalue weighted by Gasteiger charge is 2.21. The molecule has 4 nitrogen and oxygen atoms in total. The van der Waals surface area contributed by atoms with Gasteiger partial charge in [0.15, 0.2) is 11.5 Å². The van der Waals surface area contributed by atoms with Crippen molar-refractivity contribution in [2.75, 3.05) is 12.0 Å². The minimum absolute atomic E-state index is 0.0695. The molecule has 0 aliphatic carbocycles. The summed E-state index contributed by atoms with van der Waals surface area (Å²) in [5.74, 6) is -0.328. The molecule has 0 atom stereocenters. The molecule has 0 saturated heterocycles. The molecule has 3 aromatic rings. The average Bonchev–Trinajstić information content (AvgIpc) is 2.72. The van der Waals surface area contributed by atoms with Crippen LogP contribution in [-0.4, -0.2) is 19.6 Å². The number of methoxy groups -OCH3 is 1. The highest BCUT2D eigenvalue weighted by molar-refractivity contribution is 6.06. The van der Waals surface area contributed by atoms with E-state index in [9.17, 15) is 13.6 Å². The average molecular weight is 397 g/mol. The number of anilines is 1. The van der Waals surface area contributed by atoms with Crippen molar-refractivity contribution in [3.8, 4) is 11.5 Å². The number of hydrogen-bond donors (Lipinski definition) is 0. The monoisotopic (exact) mass is 397 g/mol. The van der Waals surface area contributed by atoms with Gasteiger partial charge in [-0.1, -0.05) is 42.5 Å². The first-order valence-electron chi connectivity index (χ1n) is 9.03. The quantitative estimate of drug-likeness (QED) is 0.532. The van der Waals surface area contributed by atoms with Crippen LogP contribution in [0.3, 0.4) is 0 Å². The van der Waals surface area contributed by atoms with E-state index in [1.807, 2.05) is 61.5 Å². The van der Waals surface area contributed by atoms with Gasteiger partial charge in [0.1, 0.15) is 0 Å². The van der Waals surface area contributed by atoms with Crippen molar-refractivity contribution in [1.29, 1.82) is 0 Å². The normalized spacial score (nSPS) is 10.7. The largest absolute Gasteiger partial charge is 0.493 e. The standard InChI is InChI=1S/C23H21F2NO3/c1-16-7-6-10-19(13-16)26(15-17-8-4-3-5-9-17)22(27)18-11-12-20(29-23(24)25)21(14-18)28-2/h3-14,23H,15H2,1-2H3. The van der Waals surface area contributed by atoms with Crippen molar-refractivity contribution in [2.45, 2.75) is 20.1 Å². The first-order valence-corrected chi connectivity index (χ1v) is 9.03. The van der Waals surface area contributed by atoms with Gasteiger partial charge in [0, 0.05) is 11.3 Å². The number of carbonyl (C=O) groups is 1. The molecule has 150 valence electrons. The molecule has 1 amide bonds. The number of alkyl halides is 2. The molecule has 0 aromatic heterocycles. The van der Waals surface area contributed by atoms with Crippen LogP contribution in [0.4, 0.5) is 14.5 Å². The fraction of sp³-hybridized carbons (Fsp3) is 0.174. The molecule has 0 N–H and O–H groups in total. The van der Waals surface area contributed by atoms with Crippen molar-refractivity contribution in [1.82, 2.24) is 0 Å². The number of amides is 1. The Labute approximate surface area is 168 Å². The van der Waals surface area contributed by atoms with Crippen LogP contribution in [0.1, 0.15) is 21.5 Å². The van der Waals surface area contributed by atoms with E-state index in [2.05, 4.69) is 4.74 Å². The van der Waals surface area contributed by atoms with Crippen LogP contribution in [0.2, 0.25) is 0 Å². The lowest BCUT2D eigenvalue weighted by Gasteiger charge is -2.24. The first-order chi connectivity index (χ1) is 14.0. The highest BCUT2D eigenvalue weighted by atomic mass is 19.3. The molecular weight excluding hydrogens is 376 g/mol. The van der Waals surface area contributed by atoms with E-state index in [1.165, 1.54) is 25.3 Å². The Bertz CT molecular complexity index is 977. The van der Waals surface area contributed by atoms with Crippen LogP contribution in [-0.2, 0) is 6.54 Å². The van der Waals surface area contributed by atoms with E-state index in [0.29, 0.717) is 12.1 Å². The topological polar surface area (TPSA) is 38.8 Å². The molecule has 0 saturated carbocycles. The predicted molar refractivity (Wildman–Crippen MR) is 108 cm³/mol. The Morgan fingerprint density at radius 2 is 1.72 bits per heavy atom. The predicted octanol–water partition coefficient (Wildman–Crippen LogP) is 5.45. The highest BCUT2D eigenvalue weighted by Crippen LogP contribution is 2.31. The summed E-state index contributed by atoms with van der Waals surface area (Å²) in [7, 11) is 1.34. The zero-order valence-electron chi connectivity index (χ0n) is 16.1. The molecule has 0 radical (unpaired) electrons. The molecule has 0 fully saturated rings. The second-order valence-corrected chi connectivity index (χ2v) is 6.46. The van der Waals surface area contributed by atoms with Gasteiger partial charge in [0.2, 0.25) is 0 Å². The molecule has 6 heteroatoms. The third kappa shape index (κ3) is 5.10. The lowest BCUT2D eigenvalue weighted by atomic mass is 10.1. The van der Waals surface area contributed by atoms with Crippen molar-refractivity contribution < 1.29 is 23.0 Å². The number of hydrogen-bond acceptors (Lipinski definition) is 3. The minimum atomic E-state index is -2.98. The third-order valence-electron chi connectivity index (χ3n) is 4.37. The Hall–Kier alpha value is -3.41. The SMILES string of the molecule is COc1cc(C(=O)N(Cc2ccccc2)c2cccc(C)c2)ccc1OC(F)F. The zero-order chi connectivity index (χ0) is 20.8. The molecular formula is C23H21F2NO3.